The van der Waals surface area contributed by atoms with Crippen LogP contribution in [0.4, 0.5) is 5.82 Å². The number of H-pyrrole nitrogens is 1. The monoisotopic (exact) mass is 404 g/mol. The Kier molecular flexibility index (Phi) is 9.57. The summed E-state index contributed by atoms with van der Waals surface area (Å²) in [5.41, 5.74) is 1.34. The standard InChI is InChI=1S/C15H24N8O.2ClH/c1-22(15-13-14(19-10-18-13)20-11-21-15)9-12(24)17-3-2-6-23-7-4-16-5-8-23;;/h10-11,16H,2-9H2,1H3,(H,17,24)(H,18,19,20,21);2*1H. The van der Waals surface area contributed by atoms with Crippen molar-refractivity contribution in [3.05, 3.63) is 12.7 Å². The van der Waals surface area contributed by atoms with Crippen LogP contribution in [0.25, 0.3) is 11.2 Å². The van der Waals surface area contributed by atoms with Gasteiger partial charge in [0.05, 0.1) is 12.9 Å². The summed E-state index contributed by atoms with van der Waals surface area (Å²) in [6.07, 6.45) is 4.00. The first-order chi connectivity index (χ1) is 11.7. The zero-order valence-corrected chi connectivity index (χ0v) is 16.4. The fourth-order valence-corrected chi connectivity index (χ4v) is 2.85. The van der Waals surface area contributed by atoms with Crippen molar-refractivity contribution in [2.45, 2.75) is 6.42 Å². The van der Waals surface area contributed by atoms with Gasteiger partial charge in [-0.25, -0.2) is 15.0 Å². The first kappa shape index (κ1) is 22.4. The molecule has 0 aromatic carbocycles. The zero-order valence-electron chi connectivity index (χ0n) is 14.8. The minimum absolute atomic E-state index is 0. The van der Waals surface area contributed by atoms with E-state index in [0.717, 1.165) is 44.7 Å². The van der Waals surface area contributed by atoms with Gasteiger partial charge in [0.15, 0.2) is 11.5 Å². The summed E-state index contributed by atoms with van der Waals surface area (Å²) in [6, 6.07) is 0. The molecular formula is C15H26Cl2N8O. The van der Waals surface area contributed by atoms with Crippen LogP contribution in [0.1, 0.15) is 6.42 Å². The van der Waals surface area contributed by atoms with Crippen molar-refractivity contribution in [3.63, 3.8) is 0 Å². The molecule has 2 aromatic heterocycles. The topological polar surface area (TPSA) is 102 Å². The van der Waals surface area contributed by atoms with Crippen LogP contribution in [0.5, 0.6) is 0 Å². The Morgan fingerprint density at radius 2 is 2.04 bits per heavy atom. The number of aromatic nitrogens is 4. The molecule has 3 N–H and O–H groups in total. The molecule has 0 radical (unpaired) electrons. The third-order valence-corrected chi connectivity index (χ3v) is 4.13. The van der Waals surface area contributed by atoms with Crippen molar-refractivity contribution in [1.82, 2.24) is 35.5 Å². The Morgan fingerprint density at radius 3 is 2.81 bits per heavy atom. The first-order valence-corrected chi connectivity index (χ1v) is 8.29. The summed E-state index contributed by atoms with van der Waals surface area (Å²) in [5, 5.41) is 6.31. The Hall–Kier alpha value is -1.68. The maximum absolute atomic E-state index is 12.1. The van der Waals surface area contributed by atoms with Crippen LogP contribution in [-0.2, 0) is 4.79 Å². The van der Waals surface area contributed by atoms with Gasteiger partial charge < -0.3 is 25.4 Å². The number of fused-ring (bicyclic) bond motifs is 1. The number of rotatable bonds is 7. The zero-order chi connectivity index (χ0) is 16.8. The lowest BCUT2D eigenvalue weighted by molar-refractivity contribution is -0.119. The van der Waals surface area contributed by atoms with Crippen molar-refractivity contribution in [1.29, 1.82) is 0 Å². The summed E-state index contributed by atoms with van der Waals surface area (Å²) >= 11 is 0. The Balaban J connectivity index is 0.00000169. The lowest BCUT2D eigenvalue weighted by atomic mass is 10.3. The van der Waals surface area contributed by atoms with Gasteiger partial charge in [-0.3, -0.25) is 4.79 Å². The molecule has 1 aliphatic rings. The molecule has 1 amide bonds. The van der Waals surface area contributed by atoms with E-state index in [1.54, 1.807) is 11.2 Å². The van der Waals surface area contributed by atoms with Crippen LogP contribution in [0, 0.1) is 0 Å². The number of likely N-dealkylation sites (N-methyl/N-ethyl adjacent to an activating group) is 1. The molecule has 0 unspecified atom stereocenters. The molecule has 0 atom stereocenters. The van der Waals surface area contributed by atoms with E-state index in [0.29, 0.717) is 18.0 Å². The summed E-state index contributed by atoms with van der Waals surface area (Å²) in [4.78, 5) is 31.8. The number of nitrogens with one attached hydrogen (secondary N) is 3. The molecule has 3 heterocycles. The molecule has 1 saturated heterocycles. The number of carbonyl (C=O) groups is 1. The second-order valence-corrected chi connectivity index (χ2v) is 5.95. The van der Waals surface area contributed by atoms with Crippen LogP contribution >= 0.6 is 24.8 Å². The third kappa shape index (κ3) is 5.94. The van der Waals surface area contributed by atoms with E-state index in [-0.39, 0.29) is 37.3 Å². The number of nitrogens with zero attached hydrogens (tertiary/aromatic N) is 5. The van der Waals surface area contributed by atoms with E-state index in [1.165, 1.54) is 6.33 Å². The highest BCUT2D eigenvalue weighted by atomic mass is 35.5. The summed E-state index contributed by atoms with van der Waals surface area (Å²) in [6.45, 7) is 6.25. The molecule has 2 aromatic rings. The van der Waals surface area contributed by atoms with E-state index < -0.39 is 0 Å². The van der Waals surface area contributed by atoms with Gasteiger partial charge >= 0.3 is 0 Å². The van der Waals surface area contributed by atoms with E-state index >= 15 is 0 Å². The largest absolute Gasteiger partial charge is 0.355 e. The normalized spacial score (nSPS) is 14.3. The number of carbonyl (C=O) groups excluding carboxylic acids is 1. The van der Waals surface area contributed by atoms with Gasteiger partial charge in [0.25, 0.3) is 0 Å². The van der Waals surface area contributed by atoms with Crippen molar-refractivity contribution in [2.75, 3.05) is 57.8 Å². The molecule has 1 fully saturated rings. The van der Waals surface area contributed by atoms with Gasteiger partial charge in [0.2, 0.25) is 5.91 Å². The van der Waals surface area contributed by atoms with E-state index in [2.05, 4.69) is 35.5 Å². The molecule has 1 aliphatic heterocycles. The quantitative estimate of drug-likeness (QED) is 0.560. The van der Waals surface area contributed by atoms with Gasteiger partial charge in [0.1, 0.15) is 11.8 Å². The van der Waals surface area contributed by atoms with E-state index in [9.17, 15) is 4.79 Å². The smallest absolute Gasteiger partial charge is 0.239 e. The van der Waals surface area contributed by atoms with Crippen LogP contribution in [0.3, 0.4) is 0 Å². The van der Waals surface area contributed by atoms with E-state index in [1.807, 2.05) is 7.05 Å². The SMILES string of the molecule is CN(CC(=O)NCCCN1CCNCC1)c1ncnc2nc[nH]c12.Cl.Cl. The third-order valence-electron chi connectivity index (χ3n) is 4.13. The van der Waals surface area contributed by atoms with Crippen molar-refractivity contribution < 1.29 is 4.79 Å². The maximum atomic E-state index is 12.1. The summed E-state index contributed by atoms with van der Waals surface area (Å²) in [7, 11) is 1.84. The number of anilines is 1. The molecule has 11 heteroatoms. The van der Waals surface area contributed by atoms with Crippen molar-refractivity contribution in [2.24, 2.45) is 0 Å². The van der Waals surface area contributed by atoms with Crippen LogP contribution in [0.15, 0.2) is 12.7 Å². The molecule has 146 valence electrons. The summed E-state index contributed by atoms with van der Waals surface area (Å²) < 4.78 is 0. The minimum atomic E-state index is -0.0101. The van der Waals surface area contributed by atoms with E-state index in [4.69, 9.17) is 0 Å². The summed E-state index contributed by atoms with van der Waals surface area (Å²) in [5.74, 6) is 0.664. The lowest BCUT2D eigenvalue weighted by Crippen LogP contribution is -2.44. The number of piperazine rings is 1. The Labute approximate surface area is 165 Å². The Bertz CT molecular complexity index is 676. The average Bonchev–Trinajstić information content (AvgIpc) is 3.08. The van der Waals surface area contributed by atoms with Crippen molar-refractivity contribution >= 4 is 47.7 Å². The predicted molar refractivity (Wildman–Crippen MR) is 106 cm³/mol. The maximum Gasteiger partial charge on any atom is 0.239 e. The second-order valence-electron chi connectivity index (χ2n) is 5.95. The molecule has 0 spiro atoms. The van der Waals surface area contributed by atoms with Gasteiger partial charge in [0, 0.05) is 39.8 Å². The van der Waals surface area contributed by atoms with Crippen LogP contribution in [-0.4, -0.2) is 83.6 Å². The Morgan fingerprint density at radius 1 is 1.27 bits per heavy atom. The average molecular weight is 405 g/mol. The number of amides is 1. The van der Waals surface area contributed by atoms with Crippen LogP contribution in [0.2, 0.25) is 0 Å². The minimum Gasteiger partial charge on any atom is -0.355 e. The number of aromatic amines is 1. The molecule has 9 nitrogen and oxygen atoms in total. The molecular weight excluding hydrogens is 379 g/mol. The fourth-order valence-electron chi connectivity index (χ4n) is 2.85. The molecule has 3 rings (SSSR count). The number of hydrogen-bond donors (Lipinski definition) is 3. The van der Waals surface area contributed by atoms with Gasteiger partial charge in [-0.1, -0.05) is 0 Å². The predicted octanol–water partition coefficient (Wildman–Crippen LogP) is 0.0442. The van der Waals surface area contributed by atoms with Crippen LogP contribution < -0.4 is 15.5 Å². The van der Waals surface area contributed by atoms with Crippen molar-refractivity contribution in [3.8, 4) is 0 Å². The molecule has 0 aliphatic carbocycles. The van der Waals surface area contributed by atoms with Gasteiger partial charge in [-0.05, 0) is 13.0 Å². The lowest BCUT2D eigenvalue weighted by Gasteiger charge is -2.27. The van der Waals surface area contributed by atoms with Gasteiger partial charge in [-0.15, -0.1) is 24.8 Å². The molecule has 26 heavy (non-hydrogen) atoms. The molecule has 0 bridgehead atoms. The number of imidazole rings is 1. The highest BCUT2D eigenvalue weighted by Crippen LogP contribution is 2.17. The van der Waals surface area contributed by atoms with Gasteiger partial charge in [-0.2, -0.15) is 0 Å². The fraction of sp³-hybridized carbons (Fsp3) is 0.600. The second kappa shape index (κ2) is 11.1. The highest BCUT2D eigenvalue weighted by Gasteiger charge is 2.13. The number of hydrogen-bond acceptors (Lipinski definition) is 7. The first-order valence-electron chi connectivity index (χ1n) is 8.29. The highest BCUT2D eigenvalue weighted by molar-refractivity contribution is 5.87. The number of halogens is 2. The molecule has 0 saturated carbocycles.